The van der Waals surface area contributed by atoms with Crippen LogP contribution in [0.2, 0.25) is 0 Å². The monoisotopic (exact) mass is 363 g/mol. The molecule has 3 aromatic rings. The summed E-state index contributed by atoms with van der Waals surface area (Å²) in [5.74, 6) is 0.183. The Morgan fingerprint density at radius 1 is 1.19 bits per heavy atom. The van der Waals surface area contributed by atoms with E-state index in [1.54, 1.807) is 24.3 Å². The number of aromatic nitrogens is 2. The number of pyridine rings is 1. The molecule has 1 amide bonds. The first kappa shape index (κ1) is 17.8. The normalized spacial score (nSPS) is 11.5. The number of carbonyl (C=O) groups excluding carboxylic acids is 1. The van der Waals surface area contributed by atoms with Crippen molar-refractivity contribution in [1.29, 1.82) is 0 Å². The molecule has 0 unspecified atom stereocenters. The molecular formula is C18H16F3N3O2. The van der Waals surface area contributed by atoms with E-state index in [4.69, 9.17) is 4.74 Å². The van der Waals surface area contributed by atoms with Gasteiger partial charge in [0.1, 0.15) is 11.4 Å². The fourth-order valence-electron chi connectivity index (χ4n) is 2.56. The summed E-state index contributed by atoms with van der Waals surface area (Å²) in [6, 6.07) is 9.15. The Balaban J connectivity index is 1.65. The lowest BCUT2D eigenvalue weighted by Gasteiger charge is -2.08. The molecule has 5 nitrogen and oxygen atoms in total. The standard InChI is InChI=1S/C18H16F3N3O2/c1-26-15-5-3-2-4-14(15)17(25)22-9-8-13-11-24-10-12(18(19,20)21)6-7-16(24)23-13/h2-7,10-11H,8-9H2,1H3,(H,22,25). The molecule has 0 fully saturated rings. The van der Waals surface area contributed by atoms with E-state index in [0.29, 0.717) is 35.6 Å². The first-order valence-corrected chi connectivity index (χ1v) is 7.84. The predicted molar refractivity (Wildman–Crippen MR) is 89.2 cm³/mol. The van der Waals surface area contributed by atoms with Crippen molar-refractivity contribution in [1.82, 2.24) is 14.7 Å². The minimum atomic E-state index is -4.40. The quantitative estimate of drug-likeness (QED) is 0.757. The molecule has 1 N–H and O–H groups in total. The molecule has 0 aliphatic heterocycles. The van der Waals surface area contributed by atoms with E-state index in [1.807, 2.05) is 0 Å². The van der Waals surface area contributed by atoms with Crippen LogP contribution in [-0.2, 0) is 12.6 Å². The van der Waals surface area contributed by atoms with Crippen molar-refractivity contribution in [3.8, 4) is 5.75 Å². The van der Waals surface area contributed by atoms with Gasteiger partial charge in [0.15, 0.2) is 0 Å². The highest BCUT2D eigenvalue weighted by Gasteiger charge is 2.30. The highest BCUT2D eigenvalue weighted by Crippen LogP contribution is 2.29. The van der Waals surface area contributed by atoms with Gasteiger partial charge in [0.25, 0.3) is 5.91 Å². The van der Waals surface area contributed by atoms with Gasteiger partial charge in [-0.1, -0.05) is 12.1 Å². The molecule has 2 aromatic heterocycles. The van der Waals surface area contributed by atoms with Gasteiger partial charge in [-0.05, 0) is 24.3 Å². The van der Waals surface area contributed by atoms with E-state index in [9.17, 15) is 18.0 Å². The fourth-order valence-corrected chi connectivity index (χ4v) is 2.56. The Morgan fingerprint density at radius 3 is 2.69 bits per heavy atom. The van der Waals surface area contributed by atoms with E-state index >= 15 is 0 Å². The number of hydrogen-bond donors (Lipinski definition) is 1. The molecule has 1 aromatic carbocycles. The zero-order chi connectivity index (χ0) is 18.7. The maximum absolute atomic E-state index is 12.7. The SMILES string of the molecule is COc1ccccc1C(=O)NCCc1cn2cc(C(F)(F)F)ccc2n1. The molecule has 0 atom stereocenters. The molecule has 0 aliphatic rings. The van der Waals surface area contributed by atoms with E-state index in [-0.39, 0.29) is 5.91 Å². The number of nitrogens with one attached hydrogen (secondary N) is 1. The number of fused-ring (bicyclic) bond motifs is 1. The second-order valence-electron chi connectivity index (χ2n) is 5.62. The van der Waals surface area contributed by atoms with Crippen molar-refractivity contribution >= 4 is 11.6 Å². The molecule has 0 saturated heterocycles. The highest BCUT2D eigenvalue weighted by molar-refractivity contribution is 5.96. The summed E-state index contributed by atoms with van der Waals surface area (Å²) in [5, 5.41) is 2.75. The Kier molecular flexibility index (Phi) is 4.83. The number of carbonyl (C=O) groups is 1. The third-order valence-corrected chi connectivity index (χ3v) is 3.85. The summed E-state index contributed by atoms with van der Waals surface area (Å²) >= 11 is 0. The van der Waals surface area contributed by atoms with Gasteiger partial charge in [-0.2, -0.15) is 13.2 Å². The summed E-state index contributed by atoms with van der Waals surface area (Å²) in [6.07, 6.45) is -1.48. The number of imidazole rings is 1. The van der Waals surface area contributed by atoms with Crippen molar-refractivity contribution in [2.75, 3.05) is 13.7 Å². The number of methoxy groups -OCH3 is 1. The van der Waals surface area contributed by atoms with Gasteiger partial charge in [-0.15, -0.1) is 0 Å². The molecule has 0 spiro atoms. The Bertz CT molecular complexity index is 935. The summed E-state index contributed by atoms with van der Waals surface area (Å²) in [4.78, 5) is 16.5. The number of hydrogen-bond acceptors (Lipinski definition) is 3. The number of alkyl halides is 3. The van der Waals surface area contributed by atoms with Crippen LogP contribution >= 0.6 is 0 Å². The van der Waals surface area contributed by atoms with E-state index < -0.39 is 11.7 Å². The summed E-state index contributed by atoms with van der Waals surface area (Å²) in [7, 11) is 1.48. The number of amides is 1. The van der Waals surface area contributed by atoms with Crippen LogP contribution < -0.4 is 10.1 Å². The summed E-state index contributed by atoms with van der Waals surface area (Å²) < 4.78 is 44.7. The van der Waals surface area contributed by atoms with Crippen LogP contribution in [0.25, 0.3) is 5.65 Å². The molecule has 0 aliphatic carbocycles. The first-order chi connectivity index (χ1) is 12.4. The lowest BCUT2D eigenvalue weighted by atomic mass is 10.2. The zero-order valence-corrected chi connectivity index (χ0v) is 13.9. The third-order valence-electron chi connectivity index (χ3n) is 3.85. The average molecular weight is 363 g/mol. The third kappa shape index (κ3) is 3.79. The number of rotatable bonds is 5. The number of nitrogens with zero attached hydrogens (tertiary/aromatic N) is 2. The maximum Gasteiger partial charge on any atom is 0.417 e. The van der Waals surface area contributed by atoms with E-state index in [2.05, 4.69) is 10.3 Å². The molecule has 136 valence electrons. The Labute approximate surface area is 147 Å². The second kappa shape index (κ2) is 7.07. The fraction of sp³-hybridized carbons (Fsp3) is 0.222. The number of halogens is 3. The minimum absolute atomic E-state index is 0.287. The van der Waals surface area contributed by atoms with Gasteiger partial charge in [-0.3, -0.25) is 4.79 Å². The molecule has 0 saturated carbocycles. The van der Waals surface area contributed by atoms with Crippen LogP contribution in [0.1, 0.15) is 21.6 Å². The molecule has 0 bridgehead atoms. The predicted octanol–water partition coefficient (Wildman–Crippen LogP) is 3.33. The van der Waals surface area contributed by atoms with Crippen molar-refractivity contribution in [3.05, 3.63) is 65.6 Å². The van der Waals surface area contributed by atoms with Crippen molar-refractivity contribution < 1.29 is 22.7 Å². The van der Waals surface area contributed by atoms with Crippen LogP contribution in [0.5, 0.6) is 5.75 Å². The van der Waals surface area contributed by atoms with Crippen molar-refractivity contribution in [2.24, 2.45) is 0 Å². The molecular weight excluding hydrogens is 347 g/mol. The number of ether oxygens (including phenoxy) is 1. The van der Waals surface area contributed by atoms with Crippen LogP contribution in [0, 0.1) is 0 Å². The summed E-state index contributed by atoms with van der Waals surface area (Å²) in [5.41, 5.74) is 0.687. The number of para-hydroxylation sites is 1. The smallest absolute Gasteiger partial charge is 0.417 e. The van der Waals surface area contributed by atoms with Gasteiger partial charge >= 0.3 is 6.18 Å². The largest absolute Gasteiger partial charge is 0.496 e. The van der Waals surface area contributed by atoms with Crippen molar-refractivity contribution in [2.45, 2.75) is 12.6 Å². The lowest BCUT2D eigenvalue weighted by molar-refractivity contribution is -0.137. The average Bonchev–Trinajstić information content (AvgIpc) is 3.02. The highest BCUT2D eigenvalue weighted by atomic mass is 19.4. The van der Waals surface area contributed by atoms with E-state index in [1.165, 1.54) is 23.8 Å². The van der Waals surface area contributed by atoms with Gasteiger partial charge in [0, 0.05) is 25.4 Å². The molecule has 0 radical (unpaired) electrons. The van der Waals surface area contributed by atoms with Gasteiger partial charge < -0.3 is 14.5 Å². The van der Waals surface area contributed by atoms with Crippen LogP contribution in [-0.4, -0.2) is 28.9 Å². The summed E-state index contributed by atoms with van der Waals surface area (Å²) in [6.45, 7) is 0.299. The molecule has 2 heterocycles. The van der Waals surface area contributed by atoms with Crippen LogP contribution in [0.4, 0.5) is 13.2 Å². The molecule has 3 rings (SSSR count). The minimum Gasteiger partial charge on any atom is -0.496 e. The molecule has 8 heteroatoms. The van der Waals surface area contributed by atoms with Gasteiger partial charge in [0.2, 0.25) is 0 Å². The number of benzene rings is 1. The van der Waals surface area contributed by atoms with Crippen molar-refractivity contribution in [3.63, 3.8) is 0 Å². The van der Waals surface area contributed by atoms with Gasteiger partial charge in [0.05, 0.1) is 23.9 Å². The Morgan fingerprint density at radius 2 is 1.96 bits per heavy atom. The first-order valence-electron chi connectivity index (χ1n) is 7.84. The maximum atomic E-state index is 12.7. The molecule has 26 heavy (non-hydrogen) atoms. The second-order valence-corrected chi connectivity index (χ2v) is 5.62. The zero-order valence-electron chi connectivity index (χ0n) is 13.9. The topological polar surface area (TPSA) is 55.6 Å². The lowest BCUT2D eigenvalue weighted by Crippen LogP contribution is -2.26. The van der Waals surface area contributed by atoms with E-state index in [0.717, 1.165) is 12.3 Å². The Hall–Kier alpha value is -3.03. The van der Waals surface area contributed by atoms with Crippen LogP contribution in [0.15, 0.2) is 48.8 Å². The van der Waals surface area contributed by atoms with Gasteiger partial charge in [-0.25, -0.2) is 4.98 Å². The van der Waals surface area contributed by atoms with Crippen LogP contribution in [0.3, 0.4) is 0 Å².